The van der Waals surface area contributed by atoms with Crippen LogP contribution in [0.2, 0.25) is 0 Å². The molecule has 0 aliphatic rings. The first-order chi connectivity index (χ1) is 35.7. The standard InChI is InChI=1S/C70H46N2/c1-4-19-48(20-5-1)69-64-32-13-12-30-61(64)62-39-36-52(46-66(62)70(69)49-21-6-2-7-22-49)50-23-16-27-56(42-50)71(58-38-40-60-54(44-58)35-34-47-18-10-11-29-59(47)60)57-28-17-24-51(43-57)53-37-41-68-65(45-53)63-31-14-15-33-67(63)72(68)55-25-8-3-9-26-55/h1-46H. The van der Waals surface area contributed by atoms with Gasteiger partial charge in [0.05, 0.1) is 11.0 Å². The van der Waals surface area contributed by atoms with Crippen LogP contribution in [0.4, 0.5) is 17.1 Å². The van der Waals surface area contributed by atoms with Crippen molar-refractivity contribution < 1.29 is 0 Å². The number of aromatic nitrogens is 1. The molecule has 0 unspecified atom stereocenters. The van der Waals surface area contributed by atoms with Gasteiger partial charge in [-0.05, 0) is 160 Å². The third-order valence-corrected chi connectivity index (χ3v) is 14.7. The number of benzene rings is 13. The summed E-state index contributed by atoms with van der Waals surface area (Å²) in [6.45, 7) is 0. The maximum atomic E-state index is 2.43. The average molecular weight is 915 g/mol. The SMILES string of the molecule is c1ccc(-c2c(-c3ccccc3)c3cc(-c4cccc(N(c5cccc(-c6ccc7c(c6)c6ccccc6n7-c6ccccc6)c5)c5ccc6c(ccc7ccccc76)c5)c4)ccc3c3ccccc23)cc1. The molecule has 0 radical (unpaired) electrons. The van der Waals surface area contributed by atoms with E-state index in [0.717, 1.165) is 39.4 Å². The topological polar surface area (TPSA) is 8.17 Å². The summed E-state index contributed by atoms with van der Waals surface area (Å²) in [5, 5.41) is 12.4. The van der Waals surface area contributed by atoms with Crippen LogP contribution in [0.3, 0.4) is 0 Å². The molecule has 0 saturated carbocycles. The van der Waals surface area contributed by atoms with Gasteiger partial charge in [0.15, 0.2) is 0 Å². The van der Waals surface area contributed by atoms with E-state index in [1.54, 1.807) is 0 Å². The number of hydrogen-bond acceptors (Lipinski definition) is 1. The summed E-state index contributed by atoms with van der Waals surface area (Å²) in [7, 11) is 0. The van der Waals surface area contributed by atoms with Crippen LogP contribution < -0.4 is 4.90 Å². The smallest absolute Gasteiger partial charge is 0.0541 e. The molecular formula is C70H46N2. The molecule has 14 rings (SSSR count). The van der Waals surface area contributed by atoms with Gasteiger partial charge < -0.3 is 9.47 Å². The van der Waals surface area contributed by atoms with E-state index in [-0.39, 0.29) is 0 Å². The summed E-state index contributed by atoms with van der Waals surface area (Å²) in [5.74, 6) is 0. The van der Waals surface area contributed by atoms with Gasteiger partial charge in [-0.1, -0.05) is 206 Å². The normalized spacial score (nSPS) is 11.6. The van der Waals surface area contributed by atoms with Gasteiger partial charge in [0.1, 0.15) is 0 Å². The van der Waals surface area contributed by atoms with Gasteiger partial charge in [0.25, 0.3) is 0 Å². The molecule has 0 fully saturated rings. The number of anilines is 3. The summed E-state index contributed by atoms with van der Waals surface area (Å²) in [5.41, 5.74) is 16.4. The Bertz CT molecular complexity index is 4380. The summed E-state index contributed by atoms with van der Waals surface area (Å²) in [6, 6.07) is 102. The zero-order valence-electron chi connectivity index (χ0n) is 39.5. The fourth-order valence-corrected chi connectivity index (χ4v) is 11.4. The van der Waals surface area contributed by atoms with Crippen LogP contribution in [0.15, 0.2) is 279 Å². The van der Waals surface area contributed by atoms with Crippen molar-refractivity contribution in [2.24, 2.45) is 0 Å². The number of nitrogens with zero attached hydrogens (tertiary/aromatic N) is 2. The van der Waals surface area contributed by atoms with E-state index in [1.807, 2.05) is 0 Å². The van der Waals surface area contributed by atoms with Gasteiger partial charge in [-0.2, -0.15) is 0 Å². The Morgan fingerprint density at radius 1 is 0.222 bits per heavy atom. The van der Waals surface area contributed by atoms with Crippen LogP contribution in [0, 0.1) is 0 Å². The number of para-hydroxylation sites is 2. The molecular weight excluding hydrogens is 869 g/mol. The highest BCUT2D eigenvalue weighted by molar-refractivity contribution is 6.22. The van der Waals surface area contributed by atoms with Crippen LogP contribution >= 0.6 is 0 Å². The quantitative estimate of drug-likeness (QED) is 0.138. The lowest BCUT2D eigenvalue weighted by molar-refractivity contribution is 1.18. The predicted molar refractivity (Wildman–Crippen MR) is 307 cm³/mol. The van der Waals surface area contributed by atoms with E-state index in [2.05, 4.69) is 289 Å². The minimum Gasteiger partial charge on any atom is -0.310 e. The van der Waals surface area contributed by atoms with Crippen molar-refractivity contribution in [1.29, 1.82) is 0 Å². The first kappa shape index (κ1) is 41.5. The van der Waals surface area contributed by atoms with E-state index in [4.69, 9.17) is 0 Å². The molecule has 2 heteroatoms. The molecule has 0 spiro atoms. The molecule has 72 heavy (non-hydrogen) atoms. The summed E-state index contributed by atoms with van der Waals surface area (Å²) < 4.78 is 2.38. The van der Waals surface area contributed by atoms with Crippen molar-refractivity contribution >= 4 is 82.0 Å². The number of fused-ring (bicyclic) bond motifs is 9. The van der Waals surface area contributed by atoms with Crippen LogP contribution in [0.25, 0.3) is 115 Å². The van der Waals surface area contributed by atoms with Gasteiger partial charge in [-0.25, -0.2) is 0 Å². The zero-order valence-corrected chi connectivity index (χ0v) is 39.5. The Morgan fingerprint density at radius 3 is 1.39 bits per heavy atom. The van der Waals surface area contributed by atoms with Gasteiger partial charge >= 0.3 is 0 Å². The maximum Gasteiger partial charge on any atom is 0.0541 e. The van der Waals surface area contributed by atoms with Crippen LogP contribution in [0.1, 0.15) is 0 Å². The molecule has 0 aliphatic carbocycles. The molecule has 0 N–H and O–H groups in total. The van der Waals surface area contributed by atoms with Gasteiger partial charge in [0.2, 0.25) is 0 Å². The largest absolute Gasteiger partial charge is 0.310 e. The predicted octanol–water partition coefficient (Wildman–Crippen LogP) is 19.5. The fraction of sp³-hybridized carbons (Fsp3) is 0. The molecule has 0 atom stereocenters. The van der Waals surface area contributed by atoms with E-state index >= 15 is 0 Å². The van der Waals surface area contributed by atoms with Crippen LogP contribution in [-0.4, -0.2) is 4.57 Å². The number of rotatable bonds is 8. The third-order valence-electron chi connectivity index (χ3n) is 14.7. The van der Waals surface area contributed by atoms with Crippen molar-refractivity contribution in [2.45, 2.75) is 0 Å². The molecule has 1 heterocycles. The molecule has 13 aromatic carbocycles. The van der Waals surface area contributed by atoms with Crippen molar-refractivity contribution in [1.82, 2.24) is 4.57 Å². The molecule has 0 amide bonds. The van der Waals surface area contributed by atoms with E-state index in [9.17, 15) is 0 Å². The second-order valence-electron chi connectivity index (χ2n) is 18.8. The summed E-state index contributed by atoms with van der Waals surface area (Å²) in [4.78, 5) is 2.43. The van der Waals surface area contributed by atoms with Crippen molar-refractivity contribution in [3.63, 3.8) is 0 Å². The second kappa shape index (κ2) is 17.2. The van der Waals surface area contributed by atoms with E-state index in [0.29, 0.717) is 0 Å². The molecule has 14 aromatic rings. The minimum atomic E-state index is 1.08. The summed E-state index contributed by atoms with van der Waals surface area (Å²) >= 11 is 0. The minimum absolute atomic E-state index is 1.08. The second-order valence-corrected chi connectivity index (χ2v) is 18.8. The monoisotopic (exact) mass is 914 g/mol. The number of hydrogen-bond donors (Lipinski definition) is 0. The Balaban J connectivity index is 0.946. The van der Waals surface area contributed by atoms with Crippen LogP contribution in [0.5, 0.6) is 0 Å². The van der Waals surface area contributed by atoms with Crippen LogP contribution in [-0.2, 0) is 0 Å². The Labute approximate surface area is 418 Å². The Kier molecular flexibility index (Phi) is 9.89. The zero-order chi connectivity index (χ0) is 47.5. The highest BCUT2D eigenvalue weighted by atomic mass is 15.1. The summed E-state index contributed by atoms with van der Waals surface area (Å²) in [6.07, 6.45) is 0. The molecule has 0 saturated heterocycles. The van der Waals surface area contributed by atoms with E-state index < -0.39 is 0 Å². The highest BCUT2D eigenvalue weighted by Crippen LogP contribution is 2.47. The lowest BCUT2D eigenvalue weighted by Gasteiger charge is -2.27. The lowest BCUT2D eigenvalue weighted by Crippen LogP contribution is -2.10. The Hall–Kier alpha value is -9.50. The maximum absolute atomic E-state index is 2.43. The average Bonchev–Trinajstić information content (AvgIpc) is 3.79. The van der Waals surface area contributed by atoms with E-state index in [1.165, 1.54) is 92.7 Å². The molecule has 1 aromatic heterocycles. The van der Waals surface area contributed by atoms with Gasteiger partial charge in [0, 0.05) is 33.5 Å². The van der Waals surface area contributed by atoms with Gasteiger partial charge in [-0.15, -0.1) is 0 Å². The Morgan fingerprint density at radius 2 is 0.681 bits per heavy atom. The molecule has 2 nitrogen and oxygen atoms in total. The van der Waals surface area contributed by atoms with Crippen molar-refractivity contribution in [3.8, 4) is 50.2 Å². The fourth-order valence-electron chi connectivity index (χ4n) is 11.4. The first-order valence-electron chi connectivity index (χ1n) is 24.8. The molecule has 336 valence electrons. The molecule has 0 bridgehead atoms. The first-order valence-corrected chi connectivity index (χ1v) is 24.8. The van der Waals surface area contributed by atoms with Crippen molar-refractivity contribution in [3.05, 3.63) is 279 Å². The lowest BCUT2D eigenvalue weighted by atomic mass is 9.84. The molecule has 0 aliphatic heterocycles. The third kappa shape index (κ3) is 6.95. The highest BCUT2D eigenvalue weighted by Gasteiger charge is 2.21. The van der Waals surface area contributed by atoms with Gasteiger partial charge in [-0.3, -0.25) is 0 Å². The van der Waals surface area contributed by atoms with Crippen molar-refractivity contribution in [2.75, 3.05) is 4.90 Å².